The largest absolute Gasteiger partial charge is 0.462 e. The minimum absolute atomic E-state index is 0.295. The van der Waals surface area contributed by atoms with E-state index in [0.717, 1.165) is 5.69 Å². The molecule has 2 aromatic carbocycles. The van der Waals surface area contributed by atoms with Crippen molar-refractivity contribution in [2.24, 2.45) is 0 Å². The second-order valence-electron chi connectivity index (χ2n) is 5.79. The predicted molar refractivity (Wildman–Crippen MR) is 109 cm³/mol. The predicted octanol–water partition coefficient (Wildman–Crippen LogP) is 4.91. The number of benzene rings is 2. The molecule has 0 aliphatic rings. The number of hydrogen-bond acceptors (Lipinski definition) is 5. The van der Waals surface area contributed by atoms with Crippen LogP contribution in [0.15, 0.2) is 66.9 Å². The Morgan fingerprint density at radius 3 is 2.50 bits per heavy atom. The van der Waals surface area contributed by atoms with Crippen LogP contribution in [0.1, 0.15) is 27.6 Å². The lowest BCUT2D eigenvalue weighted by Gasteiger charge is -2.10. The Bertz CT molecular complexity index is 990. The van der Waals surface area contributed by atoms with E-state index in [2.05, 4.69) is 15.6 Å². The number of amides is 1. The molecule has 1 amide bonds. The molecule has 0 spiro atoms. The molecule has 3 aromatic rings. The number of carbonyl (C=O) groups excluding carboxylic acids is 2. The summed E-state index contributed by atoms with van der Waals surface area (Å²) in [6, 6.07) is 17.1. The number of carbonyl (C=O) groups is 2. The minimum atomic E-state index is -0.370. The Kier molecular flexibility index (Phi) is 6.24. The van der Waals surface area contributed by atoms with Crippen LogP contribution >= 0.6 is 11.6 Å². The highest BCUT2D eigenvalue weighted by atomic mass is 35.5. The highest BCUT2D eigenvalue weighted by Gasteiger charge is 2.10. The molecular formula is C21H18ClN3O3. The zero-order valence-corrected chi connectivity index (χ0v) is 15.9. The molecule has 0 bridgehead atoms. The Morgan fingerprint density at radius 2 is 1.79 bits per heavy atom. The number of anilines is 3. The third-order valence-electron chi connectivity index (χ3n) is 3.81. The maximum atomic E-state index is 12.5. The van der Waals surface area contributed by atoms with Gasteiger partial charge in [-0.3, -0.25) is 4.79 Å². The molecule has 0 saturated heterocycles. The summed E-state index contributed by atoms with van der Waals surface area (Å²) in [7, 11) is 0. The molecule has 1 aromatic heterocycles. The van der Waals surface area contributed by atoms with Crippen LogP contribution in [0.25, 0.3) is 0 Å². The van der Waals surface area contributed by atoms with E-state index >= 15 is 0 Å². The number of halogens is 1. The highest BCUT2D eigenvalue weighted by Crippen LogP contribution is 2.22. The van der Waals surface area contributed by atoms with Crippen LogP contribution < -0.4 is 10.6 Å². The molecule has 142 valence electrons. The maximum absolute atomic E-state index is 12.5. The van der Waals surface area contributed by atoms with Gasteiger partial charge in [0.25, 0.3) is 5.91 Å². The average Bonchev–Trinajstić information content (AvgIpc) is 2.70. The van der Waals surface area contributed by atoms with Gasteiger partial charge in [0.2, 0.25) is 0 Å². The first-order valence-corrected chi connectivity index (χ1v) is 9.00. The van der Waals surface area contributed by atoms with Crippen molar-refractivity contribution < 1.29 is 14.3 Å². The van der Waals surface area contributed by atoms with Crippen molar-refractivity contribution in [3.8, 4) is 0 Å². The summed E-state index contributed by atoms with van der Waals surface area (Å²) in [5.74, 6) is -0.169. The van der Waals surface area contributed by atoms with Crippen molar-refractivity contribution in [3.05, 3.63) is 83.0 Å². The molecule has 0 radical (unpaired) electrons. The van der Waals surface area contributed by atoms with Gasteiger partial charge in [0.05, 0.1) is 22.9 Å². The van der Waals surface area contributed by atoms with Crippen LogP contribution in [-0.4, -0.2) is 23.5 Å². The van der Waals surface area contributed by atoms with E-state index in [4.69, 9.17) is 16.3 Å². The molecule has 0 atom stereocenters. The number of rotatable bonds is 6. The van der Waals surface area contributed by atoms with E-state index in [0.29, 0.717) is 34.3 Å². The standard InChI is InChI=1S/C21H18ClN3O3/c1-2-28-21(27)14-7-9-16(10-8-14)24-19-13-15(11-12-23-19)20(26)25-18-6-4-3-5-17(18)22/h3-13H,2H2,1H3,(H,23,24)(H,25,26). The van der Waals surface area contributed by atoms with Gasteiger partial charge in [0, 0.05) is 17.4 Å². The summed E-state index contributed by atoms with van der Waals surface area (Å²) in [5, 5.41) is 6.34. The van der Waals surface area contributed by atoms with Crippen LogP contribution in [0.4, 0.5) is 17.2 Å². The topological polar surface area (TPSA) is 80.3 Å². The molecule has 0 unspecified atom stereocenters. The summed E-state index contributed by atoms with van der Waals surface area (Å²) in [6.07, 6.45) is 1.54. The molecule has 0 aliphatic heterocycles. The Balaban J connectivity index is 1.70. The summed E-state index contributed by atoms with van der Waals surface area (Å²) < 4.78 is 4.96. The van der Waals surface area contributed by atoms with Crippen LogP contribution in [0.3, 0.4) is 0 Å². The fourth-order valence-electron chi connectivity index (χ4n) is 2.45. The van der Waals surface area contributed by atoms with E-state index in [1.165, 1.54) is 6.20 Å². The van der Waals surface area contributed by atoms with Gasteiger partial charge in [-0.05, 0) is 55.5 Å². The molecule has 0 aliphatic carbocycles. The molecule has 0 fully saturated rings. The third-order valence-corrected chi connectivity index (χ3v) is 4.14. The number of pyridine rings is 1. The number of para-hydroxylation sites is 1. The molecule has 2 N–H and O–H groups in total. The van der Waals surface area contributed by atoms with Crippen molar-refractivity contribution in [2.75, 3.05) is 17.2 Å². The quantitative estimate of drug-likeness (QED) is 0.580. The SMILES string of the molecule is CCOC(=O)c1ccc(Nc2cc(C(=O)Nc3ccccc3Cl)ccn2)cc1. The van der Waals surface area contributed by atoms with Gasteiger partial charge in [-0.2, -0.15) is 0 Å². The van der Waals surface area contributed by atoms with Crippen LogP contribution in [-0.2, 0) is 4.74 Å². The van der Waals surface area contributed by atoms with E-state index in [-0.39, 0.29) is 11.9 Å². The molecule has 3 rings (SSSR count). The second-order valence-corrected chi connectivity index (χ2v) is 6.19. The highest BCUT2D eigenvalue weighted by molar-refractivity contribution is 6.33. The molecule has 6 nitrogen and oxygen atoms in total. The molecular weight excluding hydrogens is 378 g/mol. The monoisotopic (exact) mass is 395 g/mol. The van der Waals surface area contributed by atoms with Gasteiger partial charge in [-0.25, -0.2) is 9.78 Å². The summed E-state index contributed by atoms with van der Waals surface area (Å²) in [4.78, 5) is 28.4. The molecule has 0 saturated carbocycles. The summed E-state index contributed by atoms with van der Waals surface area (Å²) in [6.45, 7) is 2.08. The third kappa shape index (κ3) is 4.86. The fraction of sp³-hybridized carbons (Fsp3) is 0.0952. The van der Waals surface area contributed by atoms with E-state index in [1.54, 1.807) is 67.6 Å². The van der Waals surface area contributed by atoms with Crippen molar-refractivity contribution >= 4 is 40.7 Å². The normalized spacial score (nSPS) is 10.2. The zero-order chi connectivity index (χ0) is 19.9. The number of aromatic nitrogens is 1. The van der Waals surface area contributed by atoms with Crippen LogP contribution in [0.2, 0.25) is 5.02 Å². The van der Waals surface area contributed by atoms with Crippen molar-refractivity contribution in [1.29, 1.82) is 0 Å². The first kappa shape index (κ1) is 19.4. The van der Waals surface area contributed by atoms with Crippen LogP contribution in [0.5, 0.6) is 0 Å². The van der Waals surface area contributed by atoms with Crippen molar-refractivity contribution in [3.63, 3.8) is 0 Å². The Hall–Kier alpha value is -3.38. The van der Waals surface area contributed by atoms with Gasteiger partial charge < -0.3 is 15.4 Å². The Labute approximate surface area is 167 Å². The number of ether oxygens (including phenoxy) is 1. The molecule has 28 heavy (non-hydrogen) atoms. The fourth-order valence-corrected chi connectivity index (χ4v) is 2.63. The number of esters is 1. The van der Waals surface area contributed by atoms with Gasteiger partial charge in [-0.15, -0.1) is 0 Å². The van der Waals surface area contributed by atoms with Crippen molar-refractivity contribution in [1.82, 2.24) is 4.98 Å². The lowest BCUT2D eigenvalue weighted by Crippen LogP contribution is -2.12. The molecule has 1 heterocycles. The molecule has 7 heteroatoms. The van der Waals surface area contributed by atoms with E-state index in [9.17, 15) is 9.59 Å². The average molecular weight is 396 g/mol. The first-order chi connectivity index (χ1) is 13.6. The van der Waals surface area contributed by atoms with Gasteiger partial charge >= 0.3 is 5.97 Å². The van der Waals surface area contributed by atoms with Gasteiger partial charge in [0.1, 0.15) is 5.82 Å². The van der Waals surface area contributed by atoms with Crippen LogP contribution in [0, 0.1) is 0 Å². The van der Waals surface area contributed by atoms with Gasteiger partial charge in [-0.1, -0.05) is 23.7 Å². The van der Waals surface area contributed by atoms with E-state index in [1.807, 2.05) is 0 Å². The first-order valence-electron chi connectivity index (χ1n) is 8.63. The van der Waals surface area contributed by atoms with E-state index < -0.39 is 0 Å². The number of hydrogen-bond donors (Lipinski definition) is 2. The number of nitrogens with one attached hydrogen (secondary N) is 2. The summed E-state index contributed by atoms with van der Waals surface area (Å²) >= 11 is 6.08. The van der Waals surface area contributed by atoms with Gasteiger partial charge in [0.15, 0.2) is 0 Å². The number of nitrogens with zero attached hydrogens (tertiary/aromatic N) is 1. The Morgan fingerprint density at radius 1 is 1.04 bits per heavy atom. The maximum Gasteiger partial charge on any atom is 0.338 e. The lowest BCUT2D eigenvalue weighted by molar-refractivity contribution is 0.0526. The smallest absolute Gasteiger partial charge is 0.338 e. The second kappa shape index (κ2) is 9.01. The zero-order valence-electron chi connectivity index (χ0n) is 15.1. The minimum Gasteiger partial charge on any atom is -0.462 e. The van der Waals surface area contributed by atoms with Crippen molar-refractivity contribution in [2.45, 2.75) is 6.92 Å². The lowest BCUT2D eigenvalue weighted by atomic mass is 10.2. The summed E-state index contributed by atoms with van der Waals surface area (Å²) in [5.41, 5.74) is 2.16.